The van der Waals surface area contributed by atoms with Crippen molar-refractivity contribution in [3.63, 3.8) is 0 Å². The zero-order valence-corrected chi connectivity index (χ0v) is 16.8. The predicted octanol–water partition coefficient (Wildman–Crippen LogP) is 4.49. The smallest absolute Gasteiger partial charge is 0.170 e. The highest BCUT2D eigenvalue weighted by Crippen LogP contribution is 2.40. The lowest BCUT2D eigenvalue weighted by Crippen LogP contribution is -2.36. The van der Waals surface area contributed by atoms with Crippen LogP contribution in [0.2, 0.25) is 0 Å². The number of thiocarbonyl (C=S) groups is 1. The third-order valence-electron chi connectivity index (χ3n) is 5.60. The zero-order chi connectivity index (χ0) is 19.6. The maximum atomic E-state index is 6.34. The summed E-state index contributed by atoms with van der Waals surface area (Å²) >= 11 is 5.72. The molecular weight excluding hydrogens is 382 g/mol. The molecule has 0 spiro atoms. The second-order valence-corrected chi connectivity index (χ2v) is 7.87. The molecule has 148 valence electrons. The summed E-state index contributed by atoms with van der Waals surface area (Å²) in [6.45, 7) is 1.58. The quantitative estimate of drug-likeness (QED) is 0.631. The Labute approximate surface area is 175 Å². The van der Waals surface area contributed by atoms with E-state index in [1.807, 2.05) is 48.7 Å². The van der Waals surface area contributed by atoms with Crippen LogP contribution in [0.1, 0.15) is 36.4 Å². The number of rotatable bonds is 5. The van der Waals surface area contributed by atoms with Gasteiger partial charge in [-0.05, 0) is 49.3 Å². The van der Waals surface area contributed by atoms with Crippen molar-refractivity contribution in [2.24, 2.45) is 0 Å². The molecule has 2 aliphatic heterocycles. The van der Waals surface area contributed by atoms with Crippen molar-refractivity contribution in [3.8, 4) is 11.3 Å². The van der Waals surface area contributed by atoms with Gasteiger partial charge in [-0.25, -0.2) is 0 Å². The fraction of sp³-hybridized carbons (Fsp3) is 0.304. The highest BCUT2D eigenvalue weighted by molar-refractivity contribution is 7.80. The molecule has 0 unspecified atom stereocenters. The van der Waals surface area contributed by atoms with E-state index in [0.29, 0.717) is 0 Å². The fourth-order valence-corrected chi connectivity index (χ4v) is 4.50. The van der Waals surface area contributed by atoms with Gasteiger partial charge in [-0.2, -0.15) is 0 Å². The van der Waals surface area contributed by atoms with E-state index in [0.717, 1.165) is 53.9 Å². The Bertz CT molecular complexity index is 970. The van der Waals surface area contributed by atoms with Crippen LogP contribution in [-0.2, 0) is 4.74 Å². The number of ether oxygens (including phenoxy) is 1. The summed E-state index contributed by atoms with van der Waals surface area (Å²) in [7, 11) is 0. The number of benzene rings is 1. The topological polar surface area (TPSA) is 50.5 Å². The number of pyridine rings is 1. The van der Waals surface area contributed by atoms with Crippen molar-refractivity contribution in [1.29, 1.82) is 0 Å². The molecule has 0 radical (unpaired) electrons. The fourth-order valence-electron chi connectivity index (χ4n) is 4.19. The van der Waals surface area contributed by atoms with E-state index in [2.05, 4.69) is 33.4 Å². The molecule has 2 saturated heterocycles. The van der Waals surface area contributed by atoms with E-state index in [1.54, 1.807) is 0 Å². The van der Waals surface area contributed by atoms with E-state index < -0.39 is 0 Å². The lowest BCUT2D eigenvalue weighted by molar-refractivity contribution is 0.0818. The molecule has 29 heavy (non-hydrogen) atoms. The summed E-state index contributed by atoms with van der Waals surface area (Å²) in [5.74, 6) is 1.74. The number of furan rings is 1. The van der Waals surface area contributed by atoms with Gasteiger partial charge in [0.2, 0.25) is 0 Å². The maximum absolute atomic E-state index is 6.34. The molecule has 2 fully saturated rings. The van der Waals surface area contributed by atoms with Crippen molar-refractivity contribution in [2.75, 3.05) is 13.2 Å². The third-order valence-corrected chi connectivity index (χ3v) is 5.95. The Hall–Kier alpha value is -2.70. The molecule has 1 N–H and O–H groups in total. The van der Waals surface area contributed by atoms with Crippen molar-refractivity contribution in [2.45, 2.75) is 31.0 Å². The van der Waals surface area contributed by atoms with Gasteiger partial charge >= 0.3 is 0 Å². The number of nitrogens with one attached hydrogen (secondary N) is 1. The average Bonchev–Trinajstić information content (AvgIpc) is 3.51. The molecule has 0 amide bonds. The molecule has 3 aromatic rings. The van der Waals surface area contributed by atoms with Crippen molar-refractivity contribution in [1.82, 2.24) is 15.2 Å². The van der Waals surface area contributed by atoms with Gasteiger partial charge in [0.25, 0.3) is 0 Å². The molecule has 5 nitrogen and oxygen atoms in total. The van der Waals surface area contributed by atoms with Gasteiger partial charge in [0.1, 0.15) is 17.6 Å². The number of nitrogens with zero attached hydrogens (tertiary/aromatic N) is 2. The van der Waals surface area contributed by atoms with Crippen LogP contribution in [0.4, 0.5) is 0 Å². The van der Waals surface area contributed by atoms with Crippen molar-refractivity contribution < 1.29 is 9.15 Å². The summed E-state index contributed by atoms with van der Waals surface area (Å²) in [6.07, 6.45) is 4.18. The molecule has 0 saturated carbocycles. The summed E-state index contributed by atoms with van der Waals surface area (Å²) in [6, 6.07) is 20.1. The van der Waals surface area contributed by atoms with Gasteiger partial charge < -0.3 is 19.4 Å². The summed E-state index contributed by atoms with van der Waals surface area (Å²) in [4.78, 5) is 6.79. The van der Waals surface area contributed by atoms with Crippen molar-refractivity contribution >= 4 is 17.3 Å². The average molecular weight is 406 g/mol. The van der Waals surface area contributed by atoms with Gasteiger partial charge in [-0.1, -0.05) is 36.4 Å². The highest BCUT2D eigenvalue weighted by atomic mass is 32.1. The lowest BCUT2D eigenvalue weighted by Gasteiger charge is -2.28. The Morgan fingerprint density at radius 1 is 1.07 bits per heavy atom. The zero-order valence-electron chi connectivity index (χ0n) is 16.0. The van der Waals surface area contributed by atoms with Crippen LogP contribution in [-0.4, -0.2) is 34.3 Å². The van der Waals surface area contributed by atoms with E-state index in [1.165, 1.54) is 0 Å². The minimum atomic E-state index is -0.0703. The van der Waals surface area contributed by atoms with Gasteiger partial charge in [0.05, 0.1) is 17.8 Å². The van der Waals surface area contributed by atoms with E-state index in [4.69, 9.17) is 21.4 Å². The predicted molar refractivity (Wildman–Crippen MR) is 115 cm³/mol. The molecule has 3 atom stereocenters. The van der Waals surface area contributed by atoms with Crippen LogP contribution in [0.25, 0.3) is 11.3 Å². The molecule has 2 aromatic heterocycles. The van der Waals surface area contributed by atoms with Crippen LogP contribution in [0, 0.1) is 0 Å². The van der Waals surface area contributed by atoms with Gasteiger partial charge in [-0.15, -0.1) is 0 Å². The molecule has 0 aliphatic carbocycles. The monoisotopic (exact) mass is 405 g/mol. The first-order valence-electron chi connectivity index (χ1n) is 10.0. The van der Waals surface area contributed by atoms with E-state index in [9.17, 15) is 0 Å². The summed E-state index contributed by atoms with van der Waals surface area (Å²) in [5.41, 5.74) is 2.01. The maximum Gasteiger partial charge on any atom is 0.170 e. The minimum absolute atomic E-state index is 0.0696. The molecule has 6 heteroatoms. The Morgan fingerprint density at radius 3 is 2.69 bits per heavy atom. The third kappa shape index (κ3) is 3.66. The van der Waals surface area contributed by atoms with E-state index in [-0.39, 0.29) is 18.2 Å². The summed E-state index contributed by atoms with van der Waals surface area (Å²) in [5, 5.41) is 4.19. The van der Waals surface area contributed by atoms with E-state index >= 15 is 0 Å². The Balaban J connectivity index is 1.50. The number of hydrogen-bond donors (Lipinski definition) is 1. The molecule has 0 bridgehead atoms. The van der Waals surface area contributed by atoms with Crippen LogP contribution in [0.15, 0.2) is 71.3 Å². The molecule has 4 heterocycles. The first-order chi connectivity index (χ1) is 14.3. The Kier molecular flexibility index (Phi) is 5.04. The SMILES string of the molecule is S=C1N[C@H](c2ccccn2)[C@@H](c2ccc(-c3ccccc3)o2)N1C[C@@H]1CCCO1. The molecule has 2 aliphatic rings. The van der Waals surface area contributed by atoms with Crippen LogP contribution < -0.4 is 5.32 Å². The van der Waals surface area contributed by atoms with Gasteiger partial charge in [0.15, 0.2) is 5.11 Å². The standard InChI is InChI=1S/C23H23N3O2S/c29-23-25-21(18-10-4-5-13-24-18)22(26(23)15-17-9-6-14-27-17)20-12-11-19(28-20)16-7-2-1-3-8-16/h1-5,7-8,10-13,17,21-22H,6,9,14-15H2,(H,25,29)/t17-,21+,22+/m0/s1. The number of hydrogen-bond acceptors (Lipinski definition) is 4. The minimum Gasteiger partial charge on any atom is -0.459 e. The van der Waals surface area contributed by atoms with Gasteiger partial charge in [-0.3, -0.25) is 4.98 Å². The number of aromatic nitrogens is 1. The first kappa shape index (κ1) is 18.3. The second kappa shape index (κ2) is 7.97. The molecule has 1 aromatic carbocycles. The van der Waals surface area contributed by atoms with Crippen LogP contribution >= 0.6 is 12.2 Å². The van der Waals surface area contributed by atoms with Crippen LogP contribution in [0.5, 0.6) is 0 Å². The van der Waals surface area contributed by atoms with Gasteiger partial charge in [0, 0.05) is 24.9 Å². The molecule has 5 rings (SSSR count). The molecular formula is C23H23N3O2S. The summed E-state index contributed by atoms with van der Waals surface area (Å²) < 4.78 is 12.2. The first-order valence-corrected chi connectivity index (χ1v) is 10.5. The lowest BCUT2D eigenvalue weighted by atomic mass is 10.0. The largest absolute Gasteiger partial charge is 0.459 e. The normalized spacial score (nSPS) is 24.1. The van der Waals surface area contributed by atoms with Crippen LogP contribution in [0.3, 0.4) is 0 Å². The van der Waals surface area contributed by atoms with Crippen molar-refractivity contribution in [3.05, 3.63) is 78.3 Å². The Morgan fingerprint density at radius 2 is 1.93 bits per heavy atom. The second-order valence-electron chi connectivity index (χ2n) is 7.48. The highest BCUT2D eigenvalue weighted by Gasteiger charge is 2.42.